The van der Waals surface area contributed by atoms with Gasteiger partial charge in [-0.3, -0.25) is 9.59 Å². The van der Waals surface area contributed by atoms with Gasteiger partial charge in [-0.2, -0.15) is 0 Å². The Hall–Kier alpha value is -2.11. The average molecular weight is 347 g/mol. The molecule has 1 amide bonds. The van der Waals surface area contributed by atoms with Crippen molar-refractivity contribution in [3.05, 3.63) is 58.4 Å². The lowest BCUT2D eigenvalue weighted by atomic mass is 10.0. The van der Waals surface area contributed by atoms with Crippen LogP contribution in [-0.2, 0) is 11.8 Å². The second-order valence-corrected chi connectivity index (χ2v) is 6.43. The summed E-state index contributed by atoms with van der Waals surface area (Å²) in [5.74, 6) is -0.271. The van der Waals surface area contributed by atoms with Crippen LogP contribution in [0.3, 0.4) is 0 Å². The van der Waals surface area contributed by atoms with Gasteiger partial charge in [-0.25, -0.2) is 0 Å². The number of nitrogens with one attached hydrogen (secondary N) is 1. The molecule has 1 aliphatic rings. The Balaban J connectivity index is 1.76. The van der Waals surface area contributed by atoms with Crippen molar-refractivity contribution in [1.29, 1.82) is 0 Å². The van der Waals surface area contributed by atoms with Gasteiger partial charge in [0, 0.05) is 30.4 Å². The largest absolute Gasteiger partial charge is 0.371 e. The van der Waals surface area contributed by atoms with Crippen LogP contribution in [0, 0.1) is 0 Å². The second kappa shape index (κ2) is 6.79. The lowest BCUT2D eigenvalue weighted by Crippen LogP contribution is -2.37. The zero-order valence-corrected chi connectivity index (χ0v) is 14.3. The molecule has 2 heterocycles. The second-order valence-electron chi connectivity index (χ2n) is 5.99. The van der Waals surface area contributed by atoms with Crippen molar-refractivity contribution in [2.75, 3.05) is 6.61 Å². The first-order chi connectivity index (χ1) is 11.5. The van der Waals surface area contributed by atoms with Gasteiger partial charge in [0.15, 0.2) is 5.78 Å². The van der Waals surface area contributed by atoms with Crippen LogP contribution in [-0.4, -0.2) is 28.9 Å². The Bertz CT molecular complexity index is 767. The predicted octanol–water partition coefficient (Wildman–Crippen LogP) is 3.14. The zero-order chi connectivity index (χ0) is 17.3. The minimum atomic E-state index is -0.209. The molecule has 1 fully saturated rings. The van der Waals surface area contributed by atoms with Gasteiger partial charge >= 0.3 is 0 Å². The number of benzene rings is 1. The van der Waals surface area contributed by atoms with Crippen LogP contribution in [0.4, 0.5) is 0 Å². The number of aryl methyl sites for hydroxylation is 1. The Kier molecular flexibility index (Phi) is 4.73. The summed E-state index contributed by atoms with van der Waals surface area (Å²) < 4.78 is 7.45. The molecule has 0 radical (unpaired) electrons. The van der Waals surface area contributed by atoms with Crippen LogP contribution in [0.15, 0.2) is 36.5 Å². The molecule has 1 aliphatic heterocycles. The first-order valence-corrected chi connectivity index (χ1v) is 8.18. The van der Waals surface area contributed by atoms with E-state index in [0.717, 1.165) is 12.0 Å². The number of nitrogens with zero attached hydrogens (tertiary/aromatic N) is 1. The highest BCUT2D eigenvalue weighted by atomic mass is 35.5. The zero-order valence-electron chi connectivity index (χ0n) is 13.6. The third kappa shape index (κ3) is 3.37. The van der Waals surface area contributed by atoms with Crippen LogP contribution >= 0.6 is 11.6 Å². The maximum atomic E-state index is 12.6. The molecule has 3 rings (SSSR count). The number of Topliss-reactive ketones (excluding diaryl/α,β-unsaturated/α-hetero) is 1. The maximum absolute atomic E-state index is 12.6. The molecular weight excluding hydrogens is 328 g/mol. The minimum Gasteiger partial charge on any atom is -0.371 e. The monoisotopic (exact) mass is 346 g/mol. The summed E-state index contributed by atoms with van der Waals surface area (Å²) in [6.45, 7) is 2.07. The predicted molar refractivity (Wildman–Crippen MR) is 91.4 cm³/mol. The molecule has 0 spiro atoms. The summed E-state index contributed by atoms with van der Waals surface area (Å²) in [6, 6.07) is 8.95. The van der Waals surface area contributed by atoms with Crippen LogP contribution in [0.2, 0.25) is 5.02 Å². The first-order valence-electron chi connectivity index (χ1n) is 7.81. The van der Waals surface area contributed by atoms with Crippen LogP contribution in [0.5, 0.6) is 0 Å². The van der Waals surface area contributed by atoms with Gasteiger partial charge in [-0.15, -0.1) is 0 Å². The highest BCUT2D eigenvalue weighted by Crippen LogP contribution is 2.30. The fourth-order valence-corrected chi connectivity index (χ4v) is 3.07. The van der Waals surface area contributed by atoms with Gasteiger partial charge in [-0.1, -0.05) is 23.7 Å². The number of rotatable bonds is 4. The van der Waals surface area contributed by atoms with Crippen molar-refractivity contribution in [3.8, 4) is 0 Å². The number of aromatic nitrogens is 1. The van der Waals surface area contributed by atoms with E-state index >= 15 is 0 Å². The Labute approximate surface area is 145 Å². The van der Waals surface area contributed by atoms with Crippen LogP contribution in [0.25, 0.3) is 0 Å². The van der Waals surface area contributed by atoms with E-state index in [2.05, 4.69) is 5.32 Å². The van der Waals surface area contributed by atoms with E-state index < -0.39 is 0 Å². The summed E-state index contributed by atoms with van der Waals surface area (Å²) in [7, 11) is 1.75. The third-order valence-corrected chi connectivity index (χ3v) is 4.50. The van der Waals surface area contributed by atoms with Crippen LogP contribution < -0.4 is 5.32 Å². The highest BCUT2D eigenvalue weighted by molar-refractivity contribution is 6.30. The van der Waals surface area contributed by atoms with E-state index in [9.17, 15) is 9.59 Å². The van der Waals surface area contributed by atoms with Crippen molar-refractivity contribution < 1.29 is 14.3 Å². The van der Waals surface area contributed by atoms with E-state index in [1.807, 2.05) is 24.3 Å². The summed E-state index contributed by atoms with van der Waals surface area (Å²) in [5, 5.41) is 3.69. The van der Waals surface area contributed by atoms with Crippen LogP contribution in [0.1, 0.15) is 45.9 Å². The van der Waals surface area contributed by atoms with E-state index in [0.29, 0.717) is 22.9 Å². The van der Waals surface area contributed by atoms with Crippen molar-refractivity contribution in [3.63, 3.8) is 0 Å². The molecule has 1 aromatic carbocycles. The molecular formula is C18H19ClN2O3. The number of halogens is 1. The molecule has 0 bridgehead atoms. The molecule has 0 aliphatic carbocycles. The van der Waals surface area contributed by atoms with E-state index in [-0.39, 0.29) is 23.8 Å². The quantitative estimate of drug-likeness (QED) is 0.865. The Morgan fingerprint density at radius 3 is 2.62 bits per heavy atom. The van der Waals surface area contributed by atoms with E-state index in [1.54, 1.807) is 23.9 Å². The topological polar surface area (TPSA) is 60.3 Å². The van der Waals surface area contributed by atoms with Gasteiger partial charge in [0.1, 0.15) is 11.8 Å². The van der Waals surface area contributed by atoms with Crippen molar-refractivity contribution in [2.45, 2.75) is 25.5 Å². The smallest absolute Gasteiger partial charge is 0.268 e. The lowest BCUT2D eigenvalue weighted by Gasteiger charge is -2.20. The number of hydrogen-bond acceptors (Lipinski definition) is 3. The average Bonchev–Trinajstić information content (AvgIpc) is 3.15. The fraction of sp³-hybridized carbons (Fsp3) is 0.333. The van der Waals surface area contributed by atoms with E-state index in [4.69, 9.17) is 16.3 Å². The number of carbonyl (C=O) groups excluding carboxylic acids is 2. The summed E-state index contributed by atoms with van der Waals surface area (Å²) in [5.41, 5.74) is 1.97. The molecule has 2 aromatic rings. The number of carbonyl (C=O) groups is 2. The van der Waals surface area contributed by atoms with Gasteiger partial charge < -0.3 is 14.6 Å². The molecule has 1 N–H and O–H groups in total. The number of ketones is 1. The van der Waals surface area contributed by atoms with Gasteiger partial charge in [0.2, 0.25) is 0 Å². The van der Waals surface area contributed by atoms with Gasteiger partial charge in [0.25, 0.3) is 5.91 Å². The van der Waals surface area contributed by atoms with Crippen molar-refractivity contribution in [2.24, 2.45) is 7.05 Å². The molecule has 2 atom stereocenters. The Morgan fingerprint density at radius 2 is 2.00 bits per heavy atom. The molecule has 0 saturated carbocycles. The minimum absolute atomic E-state index is 0.0621. The summed E-state index contributed by atoms with van der Waals surface area (Å²) >= 11 is 5.92. The summed E-state index contributed by atoms with van der Waals surface area (Å²) in [6.07, 6.45) is 2.21. The lowest BCUT2D eigenvalue weighted by molar-refractivity contribution is 0.0816. The number of hydrogen-bond donors (Lipinski definition) is 1. The summed E-state index contributed by atoms with van der Waals surface area (Å²) in [4.78, 5) is 24.0. The van der Waals surface area contributed by atoms with Crippen molar-refractivity contribution in [1.82, 2.24) is 9.88 Å². The van der Waals surface area contributed by atoms with Gasteiger partial charge in [0.05, 0.1) is 6.04 Å². The normalized spacial score (nSPS) is 20.1. The highest BCUT2D eigenvalue weighted by Gasteiger charge is 2.31. The van der Waals surface area contributed by atoms with Gasteiger partial charge in [-0.05, 0) is 37.1 Å². The standard InChI is InChI=1S/C18H19ClN2O3/c1-11(22)13-9-16(21(2)10-13)18(23)20-15-7-8-24-17(15)12-3-5-14(19)6-4-12/h3-6,9-10,15,17H,7-8H2,1-2H3,(H,20,23)/t15-,17-/m0/s1. The molecule has 24 heavy (non-hydrogen) atoms. The fourth-order valence-electron chi connectivity index (χ4n) is 2.94. The van der Waals surface area contributed by atoms with Crippen molar-refractivity contribution >= 4 is 23.3 Å². The molecule has 6 heteroatoms. The molecule has 0 unspecified atom stereocenters. The first kappa shape index (κ1) is 16.7. The molecule has 1 aromatic heterocycles. The third-order valence-electron chi connectivity index (χ3n) is 4.25. The maximum Gasteiger partial charge on any atom is 0.268 e. The number of ether oxygens (including phenoxy) is 1. The molecule has 1 saturated heterocycles. The van der Waals surface area contributed by atoms with E-state index in [1.165, 1.54) is 6.92 Å². The SMILES string of the molecule is CC(=O)c1cc(C(=O)N[C@H]2CCO[C@H]2c2ccc(Cl)cc2)n(C)c1. The number of amides is 1. The Morgan fingerprint density at radius 1 is 1.29 bits per heavy atom. The molecule has 5 nitrogen and oxygen atoms in total. The molecule has 126 valence electrons.